The summed E-state index contributed by atoms with van der Waals surface area (Å²) in [5.41, 5.74) is 2.13. The first kappa shape index (κ1) is 16.3. The maximum absolute atomic E-state index is 11.9. The van der Waals surface area contributed by atoms with Gasteiger partial charge in [0.15, 0.2) is 0 Å². The number of aromatic nitrogens is 4. The summed E-state index contributed by atoms with van der Waals surface area (Å²) in [7, 11) is 0. The van der Waals surface area contributed by atoms with E-state index in [0.717, 1.165) is 30.2 Å². The number of unbranched alkanes of at least 4 members (excludes halogenated alkanes) is 3. The molecule has 6 nitrogen and oxygen atoms in total. The molecule has 0 saturated carbocycles. The van der Waals surface area contributed by atoms with Crippen molar-refractivity contribution in [3.63, 3.8) is 0 Å². The Kier molecular flexibility index (Phi) is 5.35. The van der Waals surface area contributed by atoms with Gasteiger partial charge in [-0.3, -0.25) is 9.78 Å². The molecule has 6 heteroatoms. The Morgan fingerprint density at radius 2 is 2.00 bits per heavy atom. The minimum Gasteiger partial charge on any atom is -0.370 e. The summed E-state index contributed by atoms with van der Waals surface area (Å²) in [6, 6.07) is 1.97. The van der Waals surface area contributed by atoms with E-state index in [9.17, 15) is 4.79 Å². The summed E-state index contributed by atoms with van der Waals surface area (Å²) in [5, 5.41) is 7.81. The van der Waals surface area contributed by atoms with Crippen molar-refractivity contribution in [2.24, 2.45) is 0 Å². The van der Waals surface area contributed by atoms with Gasteiger partial charge in [-0.15, -0.1) is 0 Å². The van der Waals surface area contributed by atoms with Crippen molar-refractivity contribution in [3.05, 3.63) is 33.4 Å². The maximum atomic E-state index is 11.9. The zero-order chi connectivity index (χ0) is 16.1. The topological polar surface area (TPSA) is 75.6 Å². The van der Waals surface area contributed by atoms with Gasteiger partial charge in [-0.05, 0) is 27.2 Å². The summed E-state index contributed by atoms with van der Waals surface area (Å²) < 4.78 is 1.67. The molecular weight excluding hydrogens is 278 g/mol. The lowest BCUT2D eigenvalue weighted by Gasteiger charge is -2.10. The molecule has 0 aliphatic rings. The molecule has 0 atom stereocenters. The number of aryl methyl sites for hydroxylation is 2. The molecule has 2 aromatic heterocycles. The zero-order valence-electron chi connectivity index (χ0n) is 13.9. The minimum absolute atomic E-state index is 0.121. The smallest absolute Gasteiger partial charge is 0.255 e. The van der Waals surface area contributed by atoms with E-state index in [1.54, 1.807) is 11.6 Å². The predicted octanol–water partition coefficient (Wildman–Crippen LogP) is 2.87. The van der Waals surface area contributed by atoms with Crippen molar-refractivity contribution in [3.8, 4) is 5.95 Å². The second kappa shape index (κ2) is 7.24. The molecule has 0 saturated heterocycles. The molecule has 0 aliphatic heterocycles. The standard InChI is InChI=1S/C16H25N5O/c1-5-6-7-8-9-17-14-10-11(2)20-21(14)16-18-13(4)12(3)15(22)19-16/h10,17H,5-9H2,1-4H3,(H,18,19,22). The Labute approximate surface area is 131 Å². The monoisotopic (exact) mass is 303 g/mol. The summed E-state index contributed by atoms with van der Waals surface area (Å²) in [5.74, 6) is 1.32. The lowest BCUT2D eigenvalue weighted by molar-refractivity contribution is 0.681. The van der Waals surface area contributed by atoms with E-state index in [1.165, 1.54) is 19.3 Å². The molecule has 0 radical (unpaired) electrons. The predicted molar refractivity (Wildman–Crippen MR) is 88.8 cm³/mol. The van der Waals surface area contributed by atoms with E-state index in [0.29, 0.717) is 11.5 Å². The molecule has 2 N–H and O–H groups in total. The van der Waals surface area contributed by atoms with Crippen molar-refractivity contribution in [2.45, 2.75) is 53.4 Å². The van der Waals surface area contributed by atoms with Gasteiger partial charge >= 0.3 is 0 Å². The van der Waals surface area contributed by atoms with E-state index in [-0.39, 0.29) is 5.56 Å². The molecule has 2 rings (SSSR count). The zero-order valence-corrected chi connectivity index (χ0v) is 13.9. The van der Waals surface area contributed by atoms with Crippen LogP contribution in [-0.2, 0) is 0 Å². The molecule has 120 valence electrons. The molecule has 22 heavy (non-hydrogen) atoms. The Bertz CT molecular complexity index is 686. The van der Waals surface area contributed by atoms with Crippen molar-refractivity contribution >= 4 is 5.82 Å². The van der Waals surface area contributed by atoms with Crippen molar-refractivity contribution in [1.82, 2.24) is 19.7 Å². The van der Waals surface area contributed by atoms with Crippen molar-refractivity contribution < 1.29 is 0 Å². The third-order valence-corrected chi connectivity index (χ3v) is 3.75. The quantitative estimate of drug-likeness (QED) is 0.771. The van der Waals surface area contributed by atoms with Gasteiger partial charge < -0.3 is 5.32 Å². The van der Waals surface area contributed by atoms with Gasteiger partial charge in [-0.2, -0.15) is 9.78 Å². The van der Waals surface area contributed by atoms with Gasteiger partial charge in [0.2, 0.25) is 5.95 Å². The number of H-pyrrole nitrogens is 1. The van der Waals surface area contributed by atoms with Crippen LogP contribution in [0.4, 0.5) is 5.82 Å². The van der Waals surface area contributed by atoms with Crippen LogP contribution in [0, 0.1) is 20.8 Å². The van der Waals surface area contributed by atoms with E-state index in [4.69, 9.17) is 0 Å². The van der Waals surface area contributed by atoms with Gasteiger partial charge in [0.05, 0.1) is 5.69 Å². The Balaban J connectivity index is 2.19. The van der Waals surface area contributed by atoms with Gasteiger partial charge in [-0.25, -0.2) is 4.98 Å². The third kappa shape index (κ3) is 3.75. The fourth-order valence-electron chi connectivity index (χ4n) is 2.29. The van der Waals surface area contributed by atoms with Gasteiger partial charge in [-0.1, -0.05) is 26.2 Å². The van der Waals surface area contributed by atoms with Crippen LogP contribution in [0.5, 0.6) is 0 Å². The molecule has 0 unspecified atom stereocenters. The van der Waals surface area contributed by atoms with Crippen LogP contribution < -0.4 is 10.9 Å². The molecule has 0 aromatic carbocycles. The maximum Gasteiger partial charge on any atom is 0.255 e. The summed E-state index contributed by atoms with van der Waals surface area (Å²) in [6.07, 6.45) is 4.82. The number of hydrogen-bond acceptors (Lipinski definition) is 4. The fraction of sp³-hybridized carbons (Fsp3) is 0.562. The lowest BCUT2D eigenvalue weighted by atomic mass is 10.2. The first-order valence-electron chi connectivity index (χ1n) is 7.91. The van der Waals surface area contributed by atoms with E-state index in [1.807, 2.05) is 19.9 Å². The van der Waals surface area contributed by atoms with Crippen LogP contribution in [0.2, 0.25) is 0 Å². The van der Waals surface area contributed by atoms with Crippen LogP contribution >= 0.6 is 0 Å². The highest BCUT2D eigenvalue weighted by Gasteiger charge is 2.11. The molecule has 0 aliphatic carbocycles. The largest absolute Gasteiger partial charge is 0.370 e. The fourth-order valence-corrected chi connectivity index (χ4v) is 2.29. The van der Waals surface area contributed by atoms with Crippen LogP contribution in [0.15, 0.2) is 10.9 Å². The molecule has 0 fully saturated rings. The van der Waals surface area contributed by atoms with Crippen LogP contribution in [0.3, 0.4) is 0 Å². The Morgan fingerprint density at radius 1 is 1.23 bits per heavy atom. The second-order valence-electron chi connectivity index (χ2n) is 5.67. The van der Waals surface area contributed by atoms with E-state index in [2.05, 4.69) is 27.3 Å². The Morgan fingerprint density at radius 3 is 2.68 bits per heavy atom. The summed E-state index contributed by atoms with van der Waals surface area (Å²) in [4.78, 5) is 19.2. The average molecular weight is 303 g/mol. The highest BCUT2D eigenvalue weighted by molar-refractivity contribution is 5.42. The highest BCUT2D eigenvalue weighted by Crippen LogP contribution is 2.14. The van der Waals surface area contributed by atoms with Crippen LogP contribution in [0.25, 0.3) is 5.95 Å². The van der Waals surface area contributed by atoms with Gasteiger partial charge in [0, 0.05) is 23.9 Å². The number of anilines is 1. The minimum atomic E-state index is -0.121. The van der Waals surface area contributed by atoms with E-state index >= 15 is 0 Å². The molecular formula is C16H25N5O. The second-order valence-corrected chi connectivity index (χ2v) is 5.67. The number of nitrogens with one attached hydrogen (secondary N) is 2. The van der Waals surface area contributed by atoms with Crippen molar-refractivity contribution in [2.75, 3.05) is 11.9 Å². The third-order valence-electron chi connectivity index (χ3n) is 3.75. The van der Waals surface area contributed by atoms with Gasteiger partial charge in [0.1, 0.15) is 5.82 Å². The van der Waals surface area contributed by atoms with Crippen molar-refractivity contribution in [1.29, 1.82) is 0 Å². The Hall–Kier alpha value is -2.11. The normalized spacial score (nSPS) is 10.9. The molecule has 0 bridgehead atoms. The SMILES string of the molecule is CCCCCCNc1cc(C)nn1-c1nc(C)c(C)c(=O)[nH]1. The average Bonchev–Trinajstić information content (AvgIpc) is 2.85. The number of hydrogen-bond donors (Lipinski definition) is 2. The number of nitrogens with zero attached hydrogens (tertiary/aromatic N) is 3. The highest BCUT2D eigenvalue weighted by atomic mass is 16.1. The lowest BCUT2D eigenvalue weighted by Crippen LogP contribution is -2.19. The first-order chi connectivity index (χ1) is 10.5. The molecule has 0 spiro atoms. The number of aromatic amines is 1. The summed E-state index contributed by atoms with van der Waals surface area (Å²) >= 11 is 0. The first-order valence-corrected chi connectivity index (χ1v) is 7.91. The molecule has 2 heterocycles. The molecule has 0 amide bonds. The number of rotatable bonds is 7. The van der Waals surface area contributed by atoms with E-state index < -0.39 is 0 Å². The van der Waals surface area contributed by atoms with Crippen LogP contribution in [0.1, 0.15) is 49.6 Å². The van der Waals surface area contributed by atoms with Gasteiger partial charge in [0.25, 0.3) is 5.56 Å². The van der Waals surface area contributed by atoms with Crippen LogP contribution in [-0.4, -0.2) is 26.3 Å². The molecule has 2 aromatic rings. The summed E-state index contributed by atoms with van der Waals surface area (Å²) in [6.45, 7) is 8.63.